The zero-order valence-electron chi connectivity index (χ0n) is 11.9. The molecule has 21 heavy (non-hydrogen) atoms. The van der Waals surface area contributed by atoms with Gasteiger partial charge in [-0.25, -0.2) is 0 Å². The van der Waals surface area contributed by atoms with Gasteiger partial charge in [-0.1, -0.05) is 15.9 Å². The second kappa shape index (κ2) is 6.19. The van der Waals surface area contributed by atoms with Crippen LogP contribution >= 0.6 is 38.9 Å². The topological polar surface area (TPSA) is 18.5 Å². The summed E-state index contributed by atoms with van der Waals surface area (Å²) in [6, 6.07) is 6.11. The Balaban J connectivity index is 1.99. The summed E-state index contributed by atoms with van der Waals surface area (Å²) in [6.45, 7) is 5.60. The van der Waals surface area contributed by atoms with Crippen molar-refractivity contribution in [1.29, 1.82) is 0 Å². The van der Waals surface area contributed by atoms with Gasteiger partial charge in [0.15, 0.2) is 11.5 Å². The van der Waals surface area contributed by atoms with E-state index in [9.17, 15) is 0 Å². The first-order valence-corrected chi connectivity index (χ1v) is 8.91. The van der Waals surface area contributed by atoms with Crippen molar-refractivity contribution in [2.45, 2.75) is 25.6 Å². The van der Waals surface area contributed by atoms with Crippen molar-refractivity contribution in [3.63, 3.8) is 0 Å². The monoisotopic (exact) mass is 386 g/mol. The minimum atomic E-state index is -0.186. The highest BCUT2D eigenvalue weighted by Crippen LogP contribution is 2.43. The average molecular weight is 388 g/mol. The van der Waals surface area contributed by atoms with Crippen LogP contribution in [-0.2, 0) is 0 Å². The molecular weight excluding hydrogens is 372 g/mol. The molecule has 2 nitrogen and oxygen atoms in total. The summed E-state index contributed by atoms with van der Waals surface area (Å²) < 4.78 is 12.4. The van der Waals surface area contributed by atoms with Crippen molar-refractivity contribution >= 4 is 38.9 Å². The maximum absolute atomic E-state index is 6.69. The number of hydrogen-bond acceptors (Lipinski definition) is 3. The number of fused-ring (bicyclic) bond motifs is 1. The maximum atomic E-state index is 6.69. The fraction of sp³-hybridized carbons (Fsp3) is 0.375. The zero-order chi connectivity index (χ0) is 15.0. The van der Waals surface area contributed by atoms with E-state index >= 15 is 0 Å². The standard InChI is InChI=1S/C16H16BrClO2S/c1-9-6-15(21-10(9)2)16(18)11-7-13-14(8-12(11)17)20-5-3-4-19-13/h6-8,16H,3-5H2,1-2H3. The van der Waals surface area contributed by atoms with Crippen LogP contribution in [0.3, 0.4) is 0 Å². The average Bonchev–Trinajstić information content (AvgIpc) is 2.66. The number of ether oxygens (including phenoxy) is 2. The van der Waals surface area contributed by atoms with E-state index in [0.29, 0.717) is 13.2 Å². The molecule has 5 heteroatoms. The van der Waals surface area contributed by atoms with Gasteiger partial charge in [0.2, 0.25) is 0 Å². The molecule has 1 unspecified atom stereocenters. The summed E-state index contributed by atoms with van der Waals surface area (Å²) >= 11 is 12.0. The molecule has 1 aliphatic rings. The zero-order valence-corrected chi connectivity index (χ0v) is 15.1. The first-order chi connectivity index (χ1) is 10.1. The Bertz CT molecular complexity index is 649. The van der Waals surface area contributed by atoms with E-state index in [4.69, 9.17) is 21.1 Å². The van der Waals surface area contributed by atoms with Crippen LogP contribution in [0, 0.1) is 13.8 Å². The lowest BCUT2D eigenvalue weighted by molar-refractivity contribution is 0.297. The lowest BCUT2D eigenvalue weighted by Crippen LogP contribution is -1.97. The van der Waals surface area contributed by atoms with E-state index in [1.54, 1.807) is 11.3 Å². The third kappa shape index (κ3) is 3.08. The van der Waals surface area contributed by atoms with E-state index < -0.39 is 0 Å². The predicted molar refractivity (Wildman–Crippen MR) is 91.2 cm³/mol. The van der Waals surface area contributed by atoms with Gasteiger partial charge >= 0.3 is 0 Å². The Morgan fingerprint density at radius 3 is 2.43 bits per heavy atom. The van der Waals surface area contributed by atoms with Crippen LogP contribution in [0.15, 0.2) is 22.7 Å². The molecule has 0 aliphatic carbocycles. The molecule has 112 valence electrons. The van der Waals surface area contributed by atoms with Crippen LogP contribution in [0.2, 0.25) is 0 Å². The van der Waals surface area contributed by atoms with E-state index in [1.165, 1.54) is 10.4 Å². The molecule has 0 saturated carbocycles. The summed E-state index contributed by atoms with van der Waals surface area (Å²) in [5, 5.41) is -0.186. The number of thiophene rings is 1. The van der Waals surface area contributed by atoms with Crippen LogP contribution in [0.1, 0.15) is 32.7 Å². The van der Waals surface area contributed by atoms with Crippen molar-refractivity contribution in [3.05, 3.63) is 43.6 Å². The van der Waals surface area contributed by atoms with Crippen molar-refractivity contribution in [2.24, 2.45) is 0 Å². The first-order valence-electron chi connectivity index (χ1n) is 6.86. The molecule has 0 amide bonds. The van der Waals surface area contributed by atoms with E-state index in [1.807, 2.05) is 12.1 Å². The second-order valence-electron chi connectivity index (χ2n) is 5.12. The lowest BCUT2D eigenvalue weighted by atomic mass is 10.1. The molecule has 2 aromatic rings. The number of halogens is 2. The summed E-state index contributed by atoms with van der Waals surface area (Å²) in [4.78, 5) is 2.46. The number of benzene rings is 1. The fourth-order valence-corrected chi connectivity index (χ4v) is 4.37. The minimum absolute atomic E-state index is 0.186. The highest BCUT2D eigenvalue weighted by atomic mass is 79.9. The predicted octanol–water partition coefficient (Wildman–Crippen LogP) is 5.62. The van der Waals surface area contributed by atoms with E-state index in [2.05, 4.69) is 35.8 Å². The Hall–Kier alpha value is -0.710. The smallest absolute Gasteiger partial charge is 0.162 e. The summed E-state index contributed by atoms with van der Waals surface area (Å²) in [7, 11) is 0. The molecule has 0 bridgehead atoms. The number of alkyl halides is 1. The summed E-state index contributed by atoms with van der Waals surface area (Å²) in [5.74, 6) is 1.56. The molecule has 0 saturated heterocycles. The normalized spacial score (nSPS) is 15.6. The third-order valence-corrected chi connectivity index (χ3v) is 6.08. The summed E-state index contributed by atoms with van der Waals surface area (Å²) in [6.07, 6.45) is 0.898. The molecule has 1 aromatic carbocycles. The van der Waals surface area contributed by atoms with Crippen molar-refractivity contribution in [3.8, 4) is 11.5 Å². The lowest BCUT2D eigenvalue weighted by Gasteiger charge is -2.14. The first kappa shape index (κ1) is 15.2. The second-order valence-corrected chi connectivity index (χ2v) is 7.70. The van der Waals surface area contributed by atoms with Gasteiger partial charge in [-0.3, -0.25) is 0 Å². The molecule has 3 rings (SSSR count). The molecule has 1 atom stereocenters. The van der Waals surface area contributed by atoms with Crippen LogP contribution in [0.25, 0.3) is 0 Å². The Morgan fingerprint density at radius 1 is 1.14 bits per heavy atom. The van der Waals surface area contributed by atoms with Gasteiger partial charge in [0.1, 0.15) is 0 Å². The molecule has 0 radical (unpaired) electrons. The van der Waals surface area contributed by atoms with Crippen LogP contribution in [-0.4, -0.2) is 13.2 Å². The summed E-state index contributed by atoms with van der Waals surface area (Å²) in [5.41, 5.74) is 2.30. The molecule has 0 fully saturated rings. The molecular formula is C16H16BrClO2S. The highest BCUT2D eigenvalue weighted by molar-refractivity contribution is 9.10. The molecule has 2 heterocycles. The minimum Gasteiger partial charge on any atom is -0.490 e. The number of aryl methyl sites for hydroxylation is 2. The third-order valence-electron chi connectivity index (χ3n) is 3.57. The SMILES string of the molecule is Cc1cc(C(Cl)c2cc3c(cc2Br)OCCCO3)sc1C. The molecule has 1 aromatic heterocycles. The quantitative estimate of drug-likeness (QED) is 0.623. The molecule has 1 aliphatic heterocycles. The number of rotatable bonds is 2. The van der Waals surface area contributed by atoms with Gasteiger partial charge in [-0.15, -0.1) is 22.9 Å². The van der Waals surface area contributed by atoms with Crippen LogP contribution < -0.4 is 9.47 Å². The van der Waals surface area contributed by atoms with Crippen molar-refractivity contribution in [2.75, 3.05) is 13.2 Å². The van der Waals surface area contributed by atoms with Gasteiger partial charge in [-0.2, -0.15) is 0 Å². The van der Waals surface area contributed by atoms with E-state index in [-0.39, 0.29) is 5.38 Å². The Kier molecular flexibility index (Phi) is 4.48. The van der Waals surface area contributed by atoms with Crippen molar-refractivity contribution in [1.82, 2.24) is 0 Å². The van der Waals surface area contributed by atoms with Gasteiger partial charge in [0.05, 0.1) is 18.6 Å². The van der Waals surface area contributed by atoms with Gasteiger partial charge in [-0.05, 0) is 43.2 Å². The Labute approximate surface area is 142 Å². The van der Waals surface area contributed by atoms with Crippen LogP contribution in [0.5, 0.6) is 11.5 Å². The number of hydrogen-bond donors (Lipinski definition) is 0. The van der Waals surface area contributed by atoms with Crippen molar-refractivity contribution < 1.29 is 9.47 Å². The van der Waals surface area contributed by atoms with Gasteiger partial charge in [0.25, 0.3) is 0 Å². The van der Waals surface area contributed by atoms with E-state index in [0.717, 1.165) is 32.8 Å². The Morgan fingerprint density at radius 2 is 1.81 bits per heavy atom. The highest BCUT2D eigenvalue weighted by Gasteiger charge is 2.21. The molecule has 0 spiro atoms. The largest absolute Gasteiger partial charge is 0.490 e. The van der Waals surface area contributed by atoms with Crippen LogP contribution in [0.4, 0.5) is 0 Å². The molecule has 0 N–H and O–H groups in total. The van der Waals surface area contributed by atoms with Gasteiger partial charge in [0, 0.05) is 20.6 Å². The van der Waals surface area contributed by atoms with Gasteiger partial charge < -0.3 is 9.47 Å². The fourth-order valence-electron chi connectivity index (χ4n) is 2.27. The maximum Gasteiger partial charge on any atom is 0.162 e.